The molecule has 6 nitrogen and oxygen atoms in total. The minimum absolute atomic E-state index is 0.672. The predicted molar refractivity (Wildman–Crippen MR) is 120 cm³/mol. The lowest BCUT2D eigenvalue weighted by Crippen LogP contribution is -2.38. The molecule has 154 valence electrons. The Morgan fingerprint density at radius 2 is 1.83 bits per heavy atom. The van der Waals surface area contributed by atoms with Gasteiger partial charge in [0.1, 0.15) is 5.75 Å². The van der Waals surface area contributed by atoms with Gasteiger partial charge in [0.2, 0.25) is 0 Å². The molecule has 0 fully saturated rings. The minimum Gasteiger partial charge on any atom is -0.497 e. The van der Waals surface area contributed by atoms with Gasteiger partial charge in [-0.2, -0.15) is 0 Å². The van der Waals surface area contributed by atoms with Crippen molar-refractivity contribution in [2.24, 2.45) is 0 Å². The smallest absolute Gasteiger partial charge is 0.168 e. The molecule has 2 aromatic carbocycles. The molecule has 0 aliphatic rings. The Kier molecular flexibility index (Phi) is 6.82. The molecule has 0 atom stereocenters. The first kappa shape index (κ1) is 20.8. The van der Waals surface area contributed by atoms with Crippen molar-refractivity contribution in [3.63, 3.8) is 0 Å². The number of aromatic nitrogens is 1. The van der Waals surface area contributed by atoms with E-state index in [2.05, 4.69) is 27.5 Å². The summed E-state index contributed by atoms with van der Waals surface area (Å²) in [6.45, 7) is 1.45. The average Bonchev–Trinajstić information content (AvgIpc) is 3.17. The van der Waals surface area contributed by atoms with E-state index in [-0.39, 0.29) is 0 Å². The van der Waals surface area contributed by atoms with E-state index >= 15 is 0 Å². The van der Waals surface area contributed by atoms with Gasteiger partial charge in [-0.15, -0.1) is 0 Å². The van der Waals surface area contributed by atoms with Crippen LogP contribution in [-0.4, -0.2) is 49.9 Å². The zero-order valence-electron chi connectivity index (χ0n) is 17.2. The third-order valence-electron chi connectivity index (χ3n) is 4.95. The molecular formula is C22H27N3O3S. The summed E-state index contributed by atoms with van der Waals surface area (Å²) >= 11 is 5.55. The molecule has 0 spiro atoms. The van der Waals surface area contributed by atoms with E-state index in [1.54, 1.807) is 21.3 Å². The molecular weight excluding hydrogens is 386 g/mol. The quantitative estimate of drug-likeness (QED) is 0.549. The summed E-state index contributed by atoms with van der Waals surface area (Å²) in [5.74, 6) is 2.28. The van der Waals surface area contributed by atoms with Crippen LogP contribution >= 0.6 is 12.2 Å². The number of rotatable bonds is 8. The van der Waals surface area contributed by atoms with Gasteiger partial charge in [0.15, 0.2) is 16.6 Å². The lowest BCUT2D eigenvalue weighted by molar-refractivity contribution is 0.353. The minimum atomic E-state index is 0.672. The molecule has 0 amide bonds. The largest absolute Gasteiger partial charge is 0.497 e. The summed E-state index contributed by atoms with van der Waals surface area (Å²) in [6, 6.07) is 12.0. The lowest BCUT2D eigenvalue weighted by atomic mass is 10.1. The molecule has 0 bridgehead atoms. The maximum Gasteiger partial charge on any atom is 0.168 e. The van der Waals surface area contributed by atoms with Crippen LogP contribution in [0.4, 0.5) is 0 Å². The second kappa shape index (κ2) is 9.52. The van der Waals surface area contributed by atoms with Crippen LogP contribution in [0.15, 0.2) is 42.6 Å². The molecule has 0 aliphatic carbocycles. The highest BCUT2D eigenvalue weighted by Crippen LogP contribution is 2.28. The molecule has 1 aromatic heterocycles. The second-order valence-electron chi connectivity index (χ2n) is 6.64. The van der Waals surface area contributed by atoms with Crippen molar-refractivity contribution in [2.75, 3.05) is 34.9 Å². The van der Waals surface area contributed by atoms with Crippen molar-refractivity contribution in [2.45, 2.75) is 13.0 Å². The van der Waals surface area contributed by atoms with Crippen LogP contribution in [0, 0.1) is 0 Å². The maximum absolute atomic E-state index is 5.55. The third-order valence-corrected chi connectivity index (χ3v) is 5.41. The van der Waals surface area contributed by atoms with Crippen molar-refractivity contribution in [3.05, 3.63) is 53.7 Å². The highest BCUT2D eigenvalue weighted by Gasteiger charge is 2.13. The van der Waals surface area contributed by atoms with Gasteiger partial charge in [0.25, 0.3) is 0 Å². The fourth-order valence-corrected chi connectivity index (χ4v) is 3.51. The monoisotopic (exact) mass is 413 g/mol. The molecule has 7 heteroatoms. The molecule has 0 aliphatic heterocycles. The summed E-state index contributed by atoms with van der Waals surface area (Å²) in [6.07, 6.45) is 2.91. The van der Waals surface area contributed by atoms with E-state index < -0.39 is 0 Å². The van der Waals surface area contributed by atoms with Gasteiger partial charge in [0.05, 0.1) is 21.3 Å². The summed E-state index contributed by atoms with van der Waals surface area (Å²) in [7, 11) is 6.81. The Labute approximate surface area is 176 Å². The average molecular weight is 414 g/mol. The number of benzene rings is 2. The molecule has 0 unspecified atom stereocenters. The van der Waals surface area contributed by atoms with Crippen molar-refractivity contribution in [3.8, 4) is 17.2 Å². The molecule has 0 saturated heterocycles. The standard InChI is InChI=1S/C22H27N3O3S/c1-23-22(29)25(14-15-5-8-20(27-3)21(11-15)28-4)10-9-16-13-24-19-7-6-17(26-2)12-18(16)19/h5-8,11-13,24H,9-10,14H2,1-4H3,(H,23,29). The number of nitrogens with one attached hydrogen (secondary N) is 2. The molecule has 0 radical (unpaired) electrons. The Bertz CT molecular complexity index is 987. The molecule has 0 saturated carbocycles. The number of H-pyrrole nitrogens is 1. The first-order chi connectivity index (χ1) is 14.1. The summed E-state index contributed by atoms with van der Waals surface area (Å²) in [5.41, 5.74) is 3.43. The van der Waals surface area contributed by atoms with Gasteiger partial charge >= 0.3 is 0 Å². The van der Waals surface area contributed by atoms with Crippen molar-refractivity contribution < 1.29 is 14.2 Å². The number of hydrogen-bond acceptors (Lipinski definition) is 4. The van der Waals surface area contributed by atoms with Gasteiger partial charge in [-0.05, 0) is 60.1 Å². The fraction of sp³-hybridized carbons (Fsp3) is 0.318. The normalized spacial score (nSPS) is 10.6. The number of methoxy groups -OCH3 is 3. The van der Waals surface area contributed by atoms with Gasteiger partial charge in [-0.1, -0.05) is 6.07 Å². The second-order valence-corrected chi connectivity index (χ2v) is 7.03. The maximum atomic E-state index is 5.55. The van der Waals surface area contributed by atoms with Gasteiger partial charge < -0.3 is 29.4 Å². The van der Waals surface area contributed by atoms with Crippen LogP contribution in [0.5, 0.6) is 17.2 Å². The van der Waals surface area contributed by atoms with E-state index in [4.69, 9.17) is 26.4 Å². The van der Waals surface area contributed by atoms with Crippen LogP contribution in [0.3, 0.4) is 0 Å². The number of thiocarbonyl (C=S) groups is 1. The van der Waals surface area contributed by atoms with E-state index in [1.807, 2.05) is 37.4 Å². The number of hydrogen-bond donors (Lipinski definition) is 2. The predicted octanol–water partition coefficient (Wildman–Crippen LogP) is 3.74. The van der Waals surface area contributed by atoms with Crippen LogP contribution in [-0.2, 0) is 13.0 Å². The van der Waals surface area contributed by atoms with E-state index in [9.17, 15) is 0 Å². The Balaban J connectivity index is 1.77. The number of fused-ring (bicyclic) bond motifs is 1. The number of nitrogens with zero attached hydrogens (tertiary/aromatic N) is 1. The Hall–Kier alpha value is -2.93. The van der Waals surface area contributed by atoms with Gasteiger partial charge in [-0.3, -0.25) is 0 Å². The van der Waals surface area contributed by atoms with Gasteiger partial charge in [0, 0.05) is 37.2 Å². The van der Waals surface area contributed by atoms with E-state index in [1.165, 1.54) is 10.9 Å². The van der Waals surface area contributed by atoms with Crippen LogP contribution in [0.2, 0.25) is 0 Å². The summed E-state index contributed by atoms with van der Waals surface area (Å²) in [5, 5.41) is 4.97. The zero-order chi connectivity index (χ0) is 20.8. The molecule has 1 heterocycles. The zero-order valence-corrected chi connectivity index (χ0v) is 18.1. The molecule has 2 N–H and O–H groups in total. The van der Waals surface area contributed by atoms with Crippen LogP contribution in [0.1, 0.15) is 11.1 Å². The van der Waals surface area contributed by atoms with E-state index in [0.717, 1.165) is 29.8 Å². The summed E-state index contributed by atoms with van der Waals surface area (Å²) in [4.78, 5) is 5.48. The van der Waals surface area contributed by atoms with Crippen molar-refractivity contribution in [1.82, 2.24) is 15.2 Å². The Morgan fingerprint density at radius 1 is 1.03 bits per heavy atom. The topological polar surface area (TPSA) is 58.8 Å². The molecule has 3 aromatic rings. The van der Waals surface area contributed by atoms with Crippen LogP contribution in [0.25, 0.3) is 10.9 Å². The highest BCUT2D eigenvalue weighted by molar-refractivity contribution is 7.80. The first-order valence-electron chi connectivity index (χ1n) is 9.41. The van der Waals surface area contributed by atoms with Crippen molar-refractivity contribution in [1.29, 1.82) is 0 Å². The number of aromatic amines is 1. The van der Waals surface area contributed by atoms with Crippen LogP contribution < -0.4 is 19.5 Å². The van der Waals surface area contributed by atoms with E-state index in [0.29, 0.717) is 23.2 Å². The van der Waals surface area contributed by atoms with Crippen molar-refractivity contribution >= 4 is 28.2 Å². The molecule has 3 rings (SSSR count). The summed E-state index contributed by atoms with van der Waals surface area (Å²) < 4.78 is 16.1. The highest BCUT2D eigenvalue weighted by atomic mass is 32.1. The van der Waals surface area contributed by atoms with Gasteiger partial charge in [-0.25, -0.2) is 0 Å². The molecule has 29 heavy (non-hydrogen) atoms. The SMILES string of the molecule is CNC(=S)N(CCc1c[nH]c2ccc(OC)cc12)Cc1ccc(OC)c(OC)c1. The third kappa shape index (κ3) is 4.74. The fourth-order valence-electron chi connectivity index (χ4n) is 3.36. The number of ether oxygens (including phenoxy) is 3. The lowest BCUT2D eigenvalue weighted by Gasteiger charge is -2.25. The first-order valence-corrected chi connectivity index (χ1v) is 9.82. The Morgan fingerprint density at radius 3 is 2.52 bits per heavy atom.